The maximum absolute atomic E-state index is 4.39. The van der Waals surface area contributed by atoms with Crippen molar-refractivity contribution in [2.45, 2.75) is 6.92 Å². The second-order valence-electron chi connectivity index (χ2n) is 3.41. The zero-order chi connectivity index (χ0) is 9.54. The molecule has 0 aliphatic rings. The molecule has 0 radical (unpaired) electrons. The summed E-state index contributed by atoms with van der Waals surface area (Å²) in [5.74, 6) is 0.947. The molecule has 3 rings (SSSR count). The Bertz CT molecular complexity index is 558. The molecule has 68 valence electrons. The van der Waals surface area contributed by atoms with Crippen molar-refractivity contribution < 1.29 is 0 Å². The lowest BCUT2D eigenvalue weighted by molar-refractivity contribution is 1.17. The van der Waals surface area contributed by atoms with E-state index in [-0.39, 0.29) is 0 Å². The van der Waals surface area contributed by atoms with Gasteiger partial charge in [0.05, 0.1) is 11.0 Å². The molecular formula is C11H9N3. The van der Waals surface area contributed by atoms with E-state index >= 15 is 0 Å². The van der Waals surface area contributed by atoms with Gasteiger partial charge in [0, 0.05) is 17.8 Å². The molecule has 2 heterocycles. The number of H-pyrrole nitrogens is 1. The van der Waals surface area contributed by atoms with E-state index in [2.05, 4.69) is 27.1 Å². The molecular weight excluding hydrogens is 174 g/mol. The fourth-order valence-electron chi connectivity index (χ4n) is 1.72. The van der Waals surface area contributed by atoms with Crippen LogP contribution in [0.3, 0.4) is 0 Å². The van der Waals surface area contributed by atoms with Crippen molar-refractivity contribution in [1.82, 2.24) is 15.0 Å². The van der Waals surface area contributed by atoms with Crippen molar-refractivity contribution in [2.24, 2.45) is 0 Å². The summed E-state index contributed by atoms with van der Waals surface area (Å²) in [7, 11) is 0. The van der Waals surface area contributed by atoms with Crippen LogP contribution in [0.5, 0.6) is 0 Å². The van der Waals surface area contributed by atoms with Crippen LogP contribution in [0, 0.1) is 6.92 Å². The average Bonchev–Trinajstić information content (AvgIpc) is 2.53. The van der Waals surface area contributed by atoms with E-state index in [9.17, 15) is 0 Å². The number of aromatic nitrogens is 3. The number of aryl methyl sites for hydroxylation is 1. The molecule has 0 aliphatic carbocycles. The number of benzene rings is 1. The Kier molecular flexibility index (Phi) is 1.36. The van der Waals surface area contributed by atoms with Gasteiger partial charge in [-0.05, 0) is 30.5 Å². The predicted molar refractivity (Wildman–Crippen MR) is 56.1 cm³/mol. The molecule has 0 atom stereocenters. The van der Waals surface area contributed by atoms with Gasteiger partial charge in [0.25, 0.3) is 0 Å². The third-order valence-electron chi connectivity index (χ3n) is 2.36. The number of fused-ring (bicyclic) bond motifs is 2. The van der Waals surface area contributed by atoms with Gasteiger partial charge in [0.15, 0.2) is 0 Å². The molecule has 0 bridgehead atoms. The zero-order valence-electron chi connectivity index (χ0n) is 7.78. The van der Waals surface area contributed by atoms with Crippen molar-refractivity contribution in [3.63, 3.8) is 0 Å². The van der Waals surface area contributed by atoms with E-state index in [1.165, 1.54) is 5.39 Å². The van der Waals surface area contributed by atoms with Gasteiger partial charge >= 0.3 is 0 Å². The van der Waals surface area contributed by atoms with Crippen molar-refractivity contribution in [1.29, 1.82) is 0 Å². The quantitative estimate of drug-likeness (QED) is 0.581. The van der Waals surface area contributed by atoms with E-state index < -0.39 is 0 Å². The Morgan fingerprint density at radius 3 is 3.07 bits per heavy atom. The highest BCUT2D eigenvalue weighted by Gasteiger charge is 2.00. The first-order valence-electron chi connectivity index (χ1n) is 4.53. The third-order valence-corrected chi connectivity index (χ3v) is 2.36. The molecule has 1 aromatic carbocycles. The van der Waals surface area contributed by atoms with E-state index in [0.717, 1.165) is 22.2 Å². The van der Waals surface area contributed by atoms with E-state index in [1.807, 2.05) is 19.2 Å². The van der Waals surface area contributed by atoms with Crippen molar-refractivity contribution in [3.05, 3.63) is 36.4 Å². The number of aromatic amines is 1. The van der Waals surface area contributed by atoms with Crippen LogP contribution >= 0.6 is 0 Å². The summed E-state index contributed by atoms with van der Waals surface area (Å²) >= 11 is 0. The summed E-state index contributed by atoms with van der Waals surface area (Å²) < 4.78 is 0. The van der Waals surface area contributed by atoms with Crippen LogP contribution in [0.15, 0.2) is 30.6 Å². The average molecular weight is 183 g/mol. The SMILES string of the molecule is Cc1nc2cc3ccncc3cc2[nH]1. The molecule has 0 spiro atoms. The summed E-state index contributed by atoms with van der Waals surface area (Å²) in [5, 5.41) is 2.32. The molecule has 1 N–H and O–H groups in total. The molecule has 14 heavy (non-hydrogen) atoms. The van der Waals surface area contributed by atoms with E-state index in [0.29, 0.717) is 0 Å². The standard InChI is InChI=1S/C11H9N3/c1-7-13-10-4-8-2-3-12-6-9(8)5-11(10)14-7/h2-6H,1H3,(H,13,14). The third kappa shape index (κ3) is 0.988. The Labute approximate surface area is 80.8 Å². The maximum Gasteiger partial charge on any atom is 0.104 e. The lowest BCUT2D eigenvalue weighted by atomic mass is 10.1. The van der Waals surface area contributed by atoms with Crippen LogP contribution in [0.1, 0.15) is 5.82 Å². The fourth-order valence-corrected chi connectivity index (χ4v) is 1.72. The molecule has 0 amide bonds. The first kappa shape index (κ1) is 7.50. The van der Waals surface area contributed by atoms with Gasteiger partial charge in [0.1, 0.15) is 5.82 Å². The summed E-state index contributed by atoms with van der Waals surface area (Å²) in [6, 6.07) is 6.16. The molecule has 0 aliphatic heterocycles. The number of hydrogen-bond acceptors (Lipinski definition) is 2. The van der Waals surface area contributed by atoms with Gasteiger partial charge in [-0.15, -0.1) is 0 Å². The van der Waals surface area contributed by atoms with Gasteiger partial charge in [-0.1, -0.05) is 0 Å². The summed E-state index contributed by atoms with van der Waals surface area (Å²) in [4.78, 5) is 11.7. The topological polar surface area (TPSA) is 41.6 Å². The van der Waals surface area contributed by atoms with Crippen LogP contribution < -0.4 is 0 Å². The molecule has 3 nitrogen and oxygen atoms in total. The van der Waals surface area contributed by atoms with Crippen LogP contribution in [0.4, 0.5) is 0 Å². The minimum absolute atomic E-state index is 0.947. The Balaban J connectivity index is 2.51. The van der Waals surface area contributed by atoms with Crippen molar-refractivity contribution >= 4 is 21.8 Å². The molecule has 0 saturated carbocycles. The maximum atomic E-state index is 4.39. The monoisotopic (exact) mass is 183 g/mol. The normalized spacial score (nSPS) is 11.2. The van der Waals surface area contributed by atoms with E-state index in [1.54, 1.807) is 6.20 Å². The number of pyridine rings is 1. The lowest BCUT2D eigenvalue weighted by Gasteiger charge is -1.95. The number of nitrogens with zero attached hydrogens (tertiary/aromatic N) is 2. The molecule has 0 fully saturated rings. The highest BCUT2D eigenvalue weighted by molar-refractivity contribution is 5.94. The van der Waals surface area contributed by atoms with Gasteiger partial charge in [-0.2, -0.15) is 0 Å². The Morgan fingerprint density at radius 1 is 1.21 bits per heavy atom. The highest BCUT2D eigenvalue weighted by Crippen LogP contribution is 2.19. The van der Waals surface area contributed by atoms with Crippen LogP contribution in [0.2, 0.25) is 0 Å². The Morgan fingerprint density at radius 2 is 2.14 bits per heavy atom. The lowest BCUT2D eigenvalue weighted by Crippen LogP contribution is -1.76. The van der Waals surface area contributed by atoms with Gasteiger partial charge in [-0.25, -0.2) is 4.98 Å². The highest BCUT2D eigenvalue weighted by atomic mass is 14.9. The summed E-state index contributed by atoms with van der Waals surface area (Å²) in [6.07, 6.45) is 3.67. The van der Waals surface area contributed by atoms with Crippen LogP contribution in [0.25, 0.3) is 21.8 Å². The summed E-state index contributed by atoms with van der Waals surface area (Å²) in [5.41, 5.74) is 2.09. The predicted octanol–water partition coefficient (Wildman–Crippen LogP) is 2.42. The van der Waals surface area contributed by atoms with Gasteiger partial charge < -0.3 is 4.98 Å². The molecule has 0 unspecified atom stereocenters. The first-order valence-corrected chi connectivity index (χ1v) is 4.53. The van der Waals surface area contributed by atoms with E-state index in [4.69, 9.17) is 0 Å². The van der Waals surface area contributed by atoms with Crippen molar-refractivity contribution in [2.75, 3.05) is 0 Å². The molecule has 0 saturated heterocycles. The smallest absolute Gasteiger partial charge is 0.104 e. The summed E-state index contributed by atoms with van der Waals surface area (Å²) in [6.45, 7) is 1.96. The van der Waals surface area contributed by atoms with Crippen LogP contribution in [-0.2, 0) is 0 Å². The van der Waals surface area contributed by atoms with Crippen LogP contribution in [-0.4, -0.2) is 15.0 Å². The molecule has 3 heteroatoms. The van der Waals surface area contributed by atoms with Gasteiger partial charge in [-0.3, -0.25) is 4.98 Å². The fraction of sp³-hybridized carbons (Fsp3) is 0.0909. The minimum Gasteiger partial charge on any atom is -0.342 e. The first-order chi connectivity index (χ1) is 6.83. The minimum atomic E-state index is 0.947. The second-order valence-corrected chi connectivity index (χ2v) is 3.41. The molecule has 2 aromatic heterocycles. The number of rotatable bonds is 0. The Hall–Kier alpha value is -1.90. The number of hydrogen-bond donors (Lipinski definition) is 1. The number of nitrogens with one attached hydrogen (secondary N) is 1. The largest absolute Gasteiger partial charge is 0.342 e. The molecule has 3 aromatic rings. The zero-order valence-corrected chi connectivity index (χ0v) is 7.78. The van der Waals surface area contributed by atoms with Gasteiger partial charge in [0.2, 0.25) is 0 Å². The van der Waals surface area contributed by atoms with Crippen molar-refractivity contribution in [3.8, 4) is 0 Å². The number of imidazole rings is 1. The second kappa shape index (κ2) is 2.54.